The van der Waals surface area contributed by atoms with Crippen LogP contribution in [0.5, 0.6) is 0 Å². The summed E-state index contributed by atoms with van der Waals surface area (Å²) in [5, 5.41) is 3.41. The van der Waals surface area contributed by atoms with Crippen molar-refractivity contribution >= 4 is 27.5 Å². The number of halogens is 1. The topological polar surface area (TPSA) is 75.3 Å². The van der Waals surface area contributed by atoms with E-state index in [9.17, 15) is 13.2 Å². The second kappa shape index (κ2) is 9.16. The molecule has 0 aromatic heterocycles. The third kappa shape index (κ3) is 6.78. The minimum Gasteiger partial charge on any atom is -0.352 e. The molecule has 2 N–H and O–H groups in total. The maximum atomic E-state index is 12.0. The van der Waals surface area contributed by atoms with E-state index in [4.69, 9.17) is 11.6 Å². The van der Waals surface area contributed by atoms with Crippen LogP contribution in [-0.2, 0) is 33.5 Å². The predicted molar refractivity (Wildman–Crippen MR) is 104 cm³/mol. The van der Waals surface area contributed by atoms with Crippen LogP contribution in [0.2, 0.25) is 5.02 Å². The zero-order valence-corrected chi connectivity index (χ0v) is 16.4. The van der Waals surface area contributed by atoms with Crippen molar-refractivity contribution in [1.29, 1.82) is 0 Å². The average Bonchev–Trinajstić information content (AvgIpc) is 2.55. The van der Waals surface area contributed by atoms with Crippen molar-refractivity contribution in [2.45, 2.75) is 38.6 Å². The number of hydrogen-bond acceptors (Lipinski definition) is 3. The Morgan fingerprint density at radius 2 is 1.65 bits per heavy atom. The first-order valence-electron chi connectivity index (χ1n) is 8.33. The molecule has 2 aromatic rings. The first-order chi connectivity index (χ1) is 12.2. The Morgan fingerprint density at radius 1 is 1.04 bits per heavy atom. The Hall–Kier alpha value is -1.89. The number of carbonyl (C=O) groups excluding carboxylic acids is 1. The summed E-state index contributed by atoms with van der Waals surface area (Å²) in [6, 6.07) is 14.3. The van der Waals surface area contributed by atoms with Crippen LogP contribution in [0.15, 0.2) is 48.5 Å². The number of benzene rings is 2. The largest absolute Gasteiger partial charge is 0.352 e. The fourth-order valence-corrected chi connectivity index (χ4v) is 4.09. The molecule has 0 saturated carbocycles. The van der Waals surface area contributed by atoms with Crippen LogP contribution < -0.4 is 10.0 Å². The molecule has 7 heteroatoms. The van der Waals surface area contributed by atoms with Gasteiger partial charge in [-0.15, -0.1) is 0 Å². The maximum Gasteiger partial charge on any atom is 0.224 e. The van der Waals surface area contributed by atoms with Crippen LogP contribution in [0.1, 0.15) is 30.5 Å². The standard InChI is InChI=1S/C19H23ClN2O3S/c1-14(2)22-26(24,25)13-16-9-7-15(8-10-16)12-21-19(23)11-17-5-3-4-6-18(17)20/h3-10,14,22H,11-13H2,1-2H3,(H,21,23). The molecular formula is C19H23ClN2O3S. The smallest absolute Gasteiger partial charge is 0.224 e. The Morgan fingerprint density at radius 3 is 2.27 bits per heavy atom. The molecule has 0 saturated heterocycles. The zero-order chi connectivity index (χ0) is 19.2. The van der Waals surface area contributed by atoms with Crippen LogP contribution in [0, 0.1) is 0 Å². The van der Waals surface area contributed by atoms with Gasteiger partial charge in [-0.2, -0.15) is 0 Å². The summed E-state index contributed by atoms with van der Waals surface area (Å²) in [5.41, 5.74) is 2.38. The summed E-state index contributed by atoms with van der Waals surface area (Å²) in [7, 11) is -3.34. The summed E-state index contributed by atoms with van der Waals surface area (Å²) in [4.78, 5) is 12.0. The highest BCUT2D eigenvalue weighted by molar-refractivity contribution is 7.88. The molecule has 2 aromatic carbocycles. The summed E-state index contributed by atoms with van der Waals surface area (Å²) in [6.07, 6.45) is 0.219. The number of rotatable bonds is 8. The summed E-state index contributed by atoms with van der Waals surface area (Å²) >= 11 is 6.05. The van der Waals surface area contributed by atoms with Gasteiger partial charge in [0.2, 0.25) is 15.9 Å². The summed E-state index contributed by atoms with van der Waals surface area (Å²) in [6.45, 7) is 3.94. The van der Waals surface area contributed by atoms with Crippen LogP contribution >= 0.6 is 11.6 Å². The van der Waals surface area contributed by atoms with E-state index >= 15 is 0 Å². The first kappa shape index (κ1) is 20.4. The molecule has 2 rings (SSSR count). The highest BCUT2D eigenvalue weighted by Crippen LogP contribution is 2.15. The molecule has 0 aliphatic heterocycles. The second-order valence-corrected chi connectivity index (χ2v) is 8.55. The number of amides is 1. The lowest BCUT2D eigenvalue weighted by Gasteiger charge is -2.10. The monoisotopic (exact) mass is 394 g/mol. The molecule has 0 fully saturated rings. The van der Waals surface area contributed by atoms with Crippen LogP contribution in [-0.4, -0.2) is 20.4 Å². The highest BCUT2D eigenvalue weighted by atomic mass is 35.5. The molecule has 140 valence electrons. The minimum atomic E-state index is -3.34. The van der Waals surface area contributed by atoms with E-state index in [-0.39, 0.29) is 24.1 Å². The average molecular weight is 395 g/mol. The van der Waals surface area contributed by atoms with E-state index in [2.05, 4.69) is 10.0 Å². The molecule has 0 unspecified atom stereocenters. The molecule has 0 radical (unpaired) electrons. The number of carbonyl (C=O) groups is 1. The molecule has 5 nitrogen and oxygen atoms in total. The summed E-state index contributed by atoms with van der Waals surface area (Å²) < 4.78 is 26.4. The Bertz CT molecular complexity index is 849. The third-order valence-corrected chi connectivity index (χ3v) is 5.51. The van der Waals surface area contributed by atoms with Gasteiger partial charge in [-0.05, 0) is 36.6 Å². The second-order valence-electron chi connectivity index (χ2n) is 6.39. The minimum absolute atomic E-state index is 0.0652. The van der Waals surface area contributed by atoms with Crippen molar-refractivity contribution in [1.82, 2.24) is 10.0 Å². The Labute approximate surface area is 159 Å². The van der Waals surface area contributed by atoms with E-state index in [1.807, 2.05) is 30.3 Å². The van der Waals surface area contributed by atoms with E-state index < -0.39 is 10.0 Å². The number of hydrogen-bond donors (Lipinski definition) is 2. The van der Waals surface area contributed by atoms with E-state index in [1.165, 1.54) is 0 Å². The van der Waals surface area contributed by atoms with Crippen molar-refractivity contribution < 1.29 is 13.2 Å². The Balaban J connectivity index is 1.87. The molecule has 0 spiro atoms. The lowest BCUT2D eigenvalue weighted by Crippen LogP contribution is -2.31. The van der Waals surface area contributed by atoms with Crippen molar-refractivity contribution in [3.8, 4) is 0 Å². The molecule has 0 aliphatic carbocycles. The number of sulfonamides is 1. The predicted octanol–water partition coefficient (Wildman–Crippen LogP) is 3.03. The van der Waals surface area contributed by atoms with Crippen LogP contribution in [0.3, 0.4) is 0 Å². The lowest BCUT2D eigenvalue weighted by molar-refractivity contribution is -0.120. The molecule has 26 heavy (non-hydrogen) atoms. The highest BCUT2D eigenvalue weighted by Gasteiger charge is 2.13. The van der Waals surface area contributed by atoms with Crippen molar-refractivity contribution in [2.75, 3.05) is 0 Å². The van der Waals surface area contributed by atoms with Gasteiger partial charge >= 0.3 is 0 Å². The van der Waals surface area contributed by atoms with Crippen LogP contribution in [0.4, 0.5) is 0 Å². The van der Waals surface area contributed by atoms with Gasteiger partial charge in [0.25, 0.3) is 0 Å². The quantitative estimate of drug-likeness (QED) is 0.722. The van der Waals surface area contributed by atoms with Crippen molar-refractivity contribution in [2.24, 2.45) is 0 Å². The van der Waals surface area contributed by atoms with Gasteiger partial charge in [-0.3, -0.25) is 4.79 Å². The fraction of sp³-hybridized carbons (Fsp3) is 0.316. The van der Waals surface area contributed by atoms with E-state index in [0.29, 0.717) is 17.1 Å². The van der Waals surface area contributed by atoms with Gasteiger partial charge in [0, 0.05) is 17.6 Å². The molecule has 0 aliphatic rings. The first-order valence-corrected chi connectivity index (χ1v) is 10.4. The maximum absolute atomic E-state index is 12.0. The SMILES string of the molecule is CC(C)NS(=O)(=O)Cc1ccc(CNC(=O)Cc2ccccc2Cl)cc1. The zero-order valence-electron chi connectivity index (χ0n) is 14.8. The van der Waals surface area contributed by atoms with Gasteiger partial charge in [0.1, 0.15) is 0 Å². The van der Waals surface area contributed by atoms with Gasteiger partial charge in [0.05, 0.1) is 12.2 Å². The normalized spacial score (nSPS) is 11.5. The molecule has 0 atom stereocenters. The van der Waals surface area contributed by atoms with Crippen molar-refractivity contribution in [3.05, 3.63) is 70.2 Å². The summed E-state index contributed by atoms with van der Waals surface area (Å²) in [5.74, 6) is -0.185. The third-order valence-electron chi connectivity index (χ3n) is 3.59. The Kier molecular flexibility index (Phi) is 7.20. The molecule has 1 amide bonds. The van der Waals surface area contributed by atoms with Gasteiger partial charge < -0.3 is 5.32 Å². The molecular weight excluding hydrogens is 372 g/mol. The van der Waals surface area contributed by atoms with Crippen LogP contribution in [0.25, 0.3) is 0 Å². The van der Waals surface area contributed by atoms with Gasteiger partial charge in [-0.25, -0.2) is 13.1 Å². The lowest BCUT2D eigenvalue weighted by atomic mass is 10.1. The fourth-order valence-electron chi connectivity index (χ4n) is 2.45. The van der Waals surface area contributed by atoms with E-state index in [1.54, 1.807) is 32.0 Å². The van der Waals surface area contributed by atoms with Crippen molar-refractivity contribution in [3.63, 3.8) is 0 Å². The van der Waals surface area contributed by atoms with Gasteiger partial charge in [0.15, 0.2) is 0 Å². The molecule has 0 heterocycles. The van der Waals surface area contributed by atoms with Gasteiger partial charge in [-0.1, -0.05) is 54.1 Å². The number of nitrogens with one attached hydrogen (secondary N) is 2. The van der Waals surface area contributed by atoms with E-state index in [0.717, 1.165) is 11.1 Å². The molecule has 0 bridgehead atoms.